The number of rotatable bonds is 20. The molecule has 46 heavy (non-hydrogen) atoms. The van der Waals surface area contributed by atoms with Crippen molar-refractivity contribution in [2.45, 2.75) is 124 Å². The molecule has 6 N–H and O–H groups in total. The average Bonchev–Trinajstić information content (AvgIpc) is 3.04. The zero-order valence-corrected chi connectivity index (χ0v) is 27.9. The zero-order chi connectivity index (χ0) is 33.7. The SMILES string of the molecule is CCCCCCCCCC(C(=O)NNC(=O)c1ccc(CCCCC)cc1O)C(=O)NNC(=O)c1ccc(CCCCC)cc1O. The van der Waals surface area contributed by atoms with Gasteiger partial charge in [-0.25, -0.2) is 0 Å². The number of aryl methyl sites for hydroxylation is 2. The summed E-state index contributed by atoms with van der Waals surface area (Å²) in [6, 6.07) is 9.63. The molecule has 4 amide bonds. The van der Waals surface area contributed by atoms with Crippen molar-refractivity contribution in [2.75, 3.05) is 0 Å². The van der Waals surface area contributed by atoms with E-state index in [-0.39, 0.29) is 29.0 Å². The molecule has 0 aromatic heterocycles. The molecule has 0 heterocycles. The van der Waals surface area contributed by atoms with Gasteiger partial charge in [-0.3, -0.25) is 40.9 Å². The van der Waals surface area contributed by atoms with Gasteiger partial charge in [0.15, 0.2) is 0 Å². The Bertz CT molecular complexity index is 1180. The van der Waals surface area contributed by atoms with Gasteiger partial charge in [0.05, 0.1) is 11.1 Å². The number of carbonyl (C=O) groups is 4. The van der Waals surface area contributed by atoms with Crippen LogP contribution in [0.3, 0.4) is 0 Å². The second-order valence-corrected chi connectivity index (χ2v) is 12.0. The van der Waals surface area contributed by atoms with E-state index in [4.69, 9.17) is 0 Å². The summed E-state index contributed by atoms with van der Waals surface area (Å²) in [6.45, 7) is 6.37. The molecule has 2 aromatic rings. The van der Waals surface area contributed by atoms with Crippen LogP contribution < -0.4 is 21.7 Å². The number of aromatic hydroxyl groups is 2. The van der Waals surface area contributed by atoms with Gasteiger partial charge in [-0.15, -0.1) is 0 Å². The van der Waals surface area contributed by atoms with Crippen molar-refractivity contribution in [3.05, 3.63) is 58.7 Å². The quantitative estimate of drug-likeness (QED) is 0.0549. The Morgan fingerprint density at radius 2 is 0.935 bits per heavy atom. The third kappa shape index (κ3) is 13.5. The fourth-order valence-electron chi connectivity index (χ4n) is 5.24. The number of phenolic OH excluding ortho intramolecular Hbond substituents is 2. The normalized spacial score (nSPS) is 10.9. The highest BCUT2D eigenvalue weighted by molar-refractivity contribution is 6.04. The van der Waals surface area contributed by atoms with Crippen LogP contribution in [0.4, 0.5) is 0 Å². The molecule has 2 rings (SSSR count). The number of amides is 4. The summed E-state index contributed by atoms with van der Waals surface area (Å²) in [6.07, 6.45) is 15.0. The summed E-state index contributed by atoms with van der Waals surface area (Å²) in [5.41, 5.74) is 11.0. The van der Waals surface area contributed by atoms with E-state index in [0.717, 1.165) is 94.6 Å². The van der Waals surface area contributed by atoms with Crippen LogP contribution in [0.25, 0.3) is 0 Å². The van der Waals surface area contributed by atoms with E-state index in [2.05, 4.69) is 42.5 Å². The molecular formula is C36H54N4O6. The van der Waals surface area contributed by atoms with Crippen molar-refractivity contribution in [1.82, 2.24) is 21.7 Å². The molecule has 10 nitrogen and oxygen atoms in total. The minimum Gasteiger partial charge on any atom is -0.507 e. The number of nitrogens with one attached hydrogen (secondary N) is 4. The summed E-state index contributed by atoms with van der Waals surface area (Å²) < 4.78 is 0. The molecule has 0 saturated heterocycles. The molecule has 0 aliphatic rings. The van der Waals surface area contributed by atoms with Gasteiger partial charge in [-0.05, 0) is 67.5 Å². The van der Waals surface area contributed by atoms with Gasteiger partial charge in [-0.1, -0.05) is 104 Å². The fraction of sp³-hybridized carbons (Fsp3) is 0.556. The topological polar surface area (TPSA) is 157 Å². The maximum absolute atomic E-state index is 13.1. The van der Waals surface area contributed by atoms with Crippen LogP contribution in [-0.2, 0) is 22.4 Å². The molecule has 2 aromatic carbocycles. The monoisotopic (exact) mass is 638 g/mol. The van der Waals surface area contributed by atoms with Crippen LogP contribution in [0.2, 0.25) is 0 Å². The first-order valence-electron chi connectivity index (χ1n) is 17.1. The minimum absolute atomic E-state index is 0.00363. The highest BCUT2D eigenvalue weighted by Gasteiger charge is 2.28. The molecule has 0 bridgehead atoms. The fourth-order valence-corrected chi connectivity index (χ4v) is 5.24. The third-order valence-corrected chi connectivity index (χ3v) is 8.08. The molecule has 0 fully saturated rings. The van der Waals surface area contributed by atoms with Crippen LogP contribution in [0.1, 0.15) is 143 Å². The van der Waals surface area contributed by atoms with Crippen molar-refractivity contribution >= 4 is 23.6 Å². The van der Waals surface area contributed by atoms with Gasteiger partial charge < -0.3 is 10.2 Å². The molecule has 0 unspecified atom stereocenters. The van der Waals surface area contributed by atoms with Crippen LogP contribution in [0.15, 0.2) is 36.4 Å². The van der Waals surface area contributed by atoms with Crippen molar-refractivity contribution in [3.8, 4) is 11.5 Å². The number of carbonyl (C=O) groups excluding carboxylic acids is 4. The molecule has 0 aliphatic heterocycles. The van der Waals surface area contributed by atoms with Gasteiger partial charge in [0, 0.05) is 0 Å². The van der Waals surface area contributed by atoms with Crippen LogP contribution in [0, 0.1) is 5.92 Å². The summed E-state index contributed by atoms with van der Waals surface area (Å²) >= 11 is 0. The Balaban J connectivity index is 2.01. The summed E-state index contributed by atoms with van der Waals surface area (Å²) in [5.74, 6) is -4.54. The zero-order valence-electron chi connectivity index (χ0n) is 27.9. The maximum Gasteiger partial charge on any atom is 0.273 e. The Labute approximate surface area is 274 Å². The van der Waals surface area contributed by atoms with E-state index in [0.29, 0.717) is 6.42 Å². The number of hydrogen-bond donors (Lipinski definition) is 6. The van der Waals surface area contributed by atoms with E-state index in [1.165, 1.54) is 18.6 Å². The van der Waals surface area contributed by atoms with Crippen molar-refractivity contribution in [2.24, 2.45) is 5.92 Å². The number of hydrogen-bond acceptors (Lipinski definition) is 6. The van der Waals surface area contributed by atoms with Crippen molar-refractivity contribution < 1.29 is 29.4 Å². The Hall–Kier alpha value is -4.08. The van der Waals surface area contributed by atoms with E-state index >= 15 is 0 Å². The van der Waals surface area contributed by atoms with E-state index in [1.54, 1.807) is 24.3 Å². The molecule has 0 saturated carbocycles. The number of benzene rings is 2. The lowest BCUT2D eigenvalue weighted by molar-refractivity contribution is -0.136. The van der Waals surface area contributed by atoms with Gasteiger partial charge >= 0.3 is 0 Å². The first-order valence-corrected chi connectivity index (χ1v) is 17.1. The Kier molecular flexibility index (Phi) is 17.9. The predicted octanol–water partition coefficient (Wildman–Crippen LogP) is 6.54. The van der Waals surface area contributed by atoms with Crippen molar-refractivity contribution in [1.29, 1.82) is 0 Å². The largest absolute Gasteiger partial charge is 0.507 e. The smallest absolute Gasteiger partial charge is 0.273 e. The lowest BCUT2D eigenvalue weighted by Gasteiger charge is -2.18. The molecule has 0 spiro atoms. The predicted molar refractivity (Wildman–Crippen MR) is 180 cm³/mol. The Morgan fingerprint density at radius 3 is 1.35 bits per heavy atom. The molecule has 10 heteroatoms. The van der Waals surface area contributed by atoms with E-state index < -0.39 is 29.5 Å². The van der Waals surface area contributed by atoms with Crippen LogP contribution >= 0.6 is 0 Å². The minimum atomic E-state index is -1.21. The summed E-state index contributed by atoms with van der Waals surface area (Å²) in [7, 11) is 0. The van der Waals surface area contributed by atoms with Gasteiger partial charge in [0.25, 0.3) is 23.6 Å². The molecule has 254 valence electrons. The van der Waals surface area contributed by atoms with Crippen LogP contribution in [0.5, 0.6) is 11.5 Å². The second kappa shape index (κ2) is 21.6. The highest BCUT2D eigenvalue weighted by atomic mass is 16.3. The molecule has 0 aliphatic carbocycles. The van der Waals surface area contributed by atoms with Gasteiger partial charge in [-0.2, -0.15) is 0 Å². The standard InChI is InChI=1S/C36H54N4O6/c1-4-7-10-11-12-13-16-19-30(35(45)39-37-33(43)28-22-20-26(24-31(28)41)17-14-8-5-2)36(46)40-38-34(44)29-23-21-27(25-32(29)42)18-15-9-6-3/h20-25,30,41-42H,4-19H2,1-3H3,(H,37,43)(H,38,44)(H,39,45)(H,40,46). The summed E-state index contributed by atoms with van der Waals surface area (Å²) in [5, 5.41) is 20.8. The summed E-state index contributed by atoms with van der Waals surface area (Å²) in [4.78, 5) is 51.8. The van der Waals surface area contributed by atoms with Crippen LogP contribution in [-0.4, -0.2) is 33.8 Å². The van der Waals surface area contributed by atoms with Crippen molar-refractivity contribution in [3.63, 3.8) is 0 Å². The first kappa shape index (κ1) is 38.1. The van der Waals surface area contributed by atoms with E-state index in [1.807, 2.05) is 0 Å². The lowest BCUT2D eigenvalue weighted by atomic mass is 9.98. The van der Waals surface area contributed by atoms with Gasteiger partial charge in [0.2, 0.25) is 0 Å². The molecular weight excluding hydrogens is 584 g/mol. The van der Waals surface area contributed by atoms with Gasteiger partial charge in [0.1, 0.15) is 17.4 Å². The molecule has 0 atom stereocenters. The number of phenols is 2. The lowest BCUT2D eigenvalue weighted by Crippen LogP contribution is -2.51. The Morgan fingerprint density at radius 1 is 0.543 bits per heavy atom. The van der Waals surface area contributed by atoms with E-state index in [9.17, 15) is 29.4 Å². The number of hydrazine groups is 2. The first-order chi connectivity index (χ1) is 22.2. The highest BCUT2D eigenvalue weighted by Crippen LogP contribution is 2.22. The molecule has 0 radical (unpaired) electrons. The second-order valence-electron chi connectivity index (χ2n) is 12.0. The third-order valence-electron chi connectivity index (χ3n) is 8.08. The average molecular weight is 639 g/mol. The maximum atomic E-state index is 13.1. The number of unbranched alkanes of at least 4 members (excludes halogenated alkanes) is 10.